The quantitative estimate of drug-likeness (QED) is 0.630. The van der Waals surface area contributed by atoms with E-state index in [0.29, 0.717) is 5.92 Å². The summed E-state index contributed by atoms with van der Waals surface area (Å²) in [5.41, 5.74) is -0.0932. The lowest BCUT2D eigenvalue weighted by Crippen LogP contribution is -2.52. The molecule has 14 heavy (non-hydrogen) atoms. The van der Waals surface area contributed by atoms with Crippen molar-refractivity contribution in [2.24, 2.45) is 22.2 Å². The van der Waals surface area contributed by atoms with E-state index in [9.17, 15) is 5.11 Å². The summed E-state index contributed by atoms with van der Waals surface area (Å²) in [6.07, 6.45) is 2.47. The normalized spacial score (nSPS) is 53.8. The summed E-state index contributed by atoms with van der Waals surface area (Å²) in [4.78, 5) is 0. The van der Waals surface area contributed by atoms with Gasteiger partial charge < -0.3 is 5.11 Å². The van der Waals surface area contributed by atoms with Crippen LogP contribution >= 0.6 is 0 Å². The Kier molecular flexibility index (Phi) is 1.65. The van der Waals surface area contributed by atoms with Gasteiger partial charge in [-0.05, 0) is 36.5 Å². The highest BCUT2D eigenvalue weighted by atomic mass is 16.3. The van der Waals surface area contributed by atoms with Gasteiger partial charge in [0, 0.05) is 5.41 Å². The number of fused-ring (bicyclic) bond motifs is 2. The highest BCUT2D eigenvalue weighted by Crippen LogP contribution is 2.75. The monoisotopic (exact) mass is 196 g/mol. The van der Waals surface area contributed by atoms with E-state index in [2.05, 4.69) is 34.6 Å². The van der Waals surface area contributed by atoms with Gasteiger partial charge in [0.1, 0.15) is 0 Å². The third-order valence-electron chi connectivity index (χ3n) is 6.43. The van der Waals surface area contributed by atoms with Crippen molar-refractivity contribution in [3.63, 3.8) is 0 Å². The molecule has 2 rings (SSSR count). The molecule has 0 heterocycles. The second-order valence-electron chi connectivity index (χ2n) is 6.94. The molecule has 0 aromatic heterocycles. The van der Waals surface area contributed by atoms with Crippen LogP contribution in [0.2, 0.25) is 0 Å². The fourth-order valence-electron chi connectivity index (χ4n) is 4.68. The van der Waals surface area contributed by atoms with Crippen LogP contribution in [0.5, 0.6) is 0 Å². The van der Waals surface area contributed by atoms with E-state index in [4.69, 9.17) is 0 Å². The van der Waals surface area contributed by atoms with Crippen LogP contribution in [0.15, 0.2) is 0 Å². The third kappa shape index (κ3) is 0.711. The Morgan fingerprint density at radius 2 is 1.43 bits per heavy atom. The summed E-state index contributed by atoms with van der Waals surface area (Å²) in [6, 6.07) is 0. The van der Waals surface area contributed by atoms with Gasteiger partial charge in [0.05, 0.1) is 5.60 Å². The summed E-state index contributed by atoms with van der Waals surface area (Å²) >= 11 is 0. The minimum atomic E-state index is -0.521. The van der Waals surface area contributed by atoms with E-state index in [-0.39, 0.29) is 16.2 Å². The molecule has 0 saturated heterocycles. The molecular weight excluding hydrogens is 172 g/mol. The molecule has 0 radical (unpaired) electrons. The third-order valence-corrected chi connectivity index (χ3v) is 6.43. The first-order valence-electron chi connectivity index (χ1n) is 5.81. The van der Waals surface area contributed by atoms with Gasteiger partial charge >= 0.3 is 0 Å². The van der Waals surface area contributed by atoms with Crippen molar-refractivity contribution in [3.05, 3.63) is 0 Å². The molecule has 0 aromatic rings. The first-order chi connectivity index (χ1) is 6.09. The summed E-state index contributed by atoms with van der Waals surface area (Å²) in [5.74, 6) is 0.662. The Morgan fingerprint density at radius 1 is 0.929 bits per heavy atom. The Bertz CT molecular complexity index is 267. The van der Waals surface area contributed by atoms with Crippen LogP contribution in [0, 0.1) is 22.2 Å². The topological polar surface area (TPSA) is 20.2 Å². The van der Waals surface area contributed by atoms with Crippen LogP contribution < -0.4 is 0 Å². The zero-order chi connectivity index (χ0) is 11.0. The van der Waals surface area contributed by atoms with Crippen LogP contribution in [0.25, 0.3) is 0 Å². The Hall–Kier alpha value is -0.0400. The fraction of sp³-hybridized carbons (Fsp3) is 1.00. The van der Waals surface area contributed by atoms with Gasteiger partial charge in [0.25, 0.3) is 0 Å². The lowest BCUT2D eigenvalue weighted by Gasteiger charge is -2.49. The summed E-state index contributed by atoms with van der Waals surface area (Å²) in [6.45, 7) is 13.5. The van der Waals surface area contributed by atoms with Gasteiger partial charge in [-0.2, -0.15) is 0 Å². The smallest absolute Gasteiger partial charge is 0.0731 e. The van der Waals surface area contributed by atoms with Crippen molar-refractivity contribution < 1.29 is 5.11 Å². The number of rotatable bonds is 0. The minimum absolute atomic E-state index is 0.0590. The maximum absolute atomic E-state index is 10.8. The SMILES string of the molecule is CC1(C)[C@H]2CC[C@@](C)(C2(C)C)[C@@]1(C)O. The highest BCUT2D eigenvalue weighted by Gasteiger charge is 2.74. The van der Waals surface area contributed by atoms with Gasteiger partial charge in [-0.15, -0.1) is 0 Å². The van der Waals surface area contributed by atoms with Crippen LogP contribution in [0.3, 0.4) is 0 Å². The average molecular weight is 196 g/mol. The van der Waals surface area contributed by atoms with Crippen LogP contribution in [-0.2, 0) is 0 Å². The zero-order valence-electron chi connectivity index (χ0n) is 10.4. The first kappa shape index (κ1) is 10.5. The Labute approximate surface area is 87.9 Å². The maximum Gasteiger partial charge on any atom is 0.0731 e. The molecule has 2 aliphatic carbocycles. The van der Waals surface area contributed by atoms with Crippen LogP contribution in [0.1, 0.15) is 54.4 Å². The highest BCUT2D eigenvalue weighted by molar-refractivity contribution is 5.23. The van der Waals surface area contributed by atoms with Crippen molar-refractivity contribution in [2.45, 2.75) is 60.0 Å². The van der Waals surface area contributed by atoms with Gasteiger partial charge in [-0.3, -0.25) is 0 Å². The van der Waals surface area contributed by atoms with Crippen molar-refractivity contribution in [1.82, 2.24) is 0 Å². The predicted molar refractivity (Wildman–Crippen MR) is 59.0 cm³/mol. The van der Waals surface area contributed by atoms with E-state index in [1.807, 2.05) is 6.92 Å². The predicted octanol–water partition coefficient (Wildman–Crippen LogP) is 3.22. The van der Waals surface area contributed by atoms with Crippen molar-refractivity contribution in [3.8, 4) is 0 Å². The Morgan fingerprint density at radius 3 is 1.64 bits per heavy atom. The molecular formula is C13H24O. The van der Waals surface area contributed by atoms with Gasteiger partial charge in [-0.25, -0.2) is 0 Å². The molecule has 2 saturated carbocycles. The summed E-state index contributed by atoms with van der Waals surface area (Å²) < 4.78 is 0. The molecule has 2 bridgehead atoms. The van der Waals surface area contributed by atoms with E-state index in [0.717, 1.165) is 0 Å². The van der Waals surface area contributed by atoms with Gasteiger partial charge in [-0.1, -0.05) is 34.6 Å². The van der Waals surface area contributed by atoms with Gasteiger partial charge in [0.2, 0.25) is 0 Å². The number of hydrogen-bond donors (Lipinski definition) is 1. The molecule has 2 aliphatic rings. The molecule has 2 fully saturated rings. The second kappa shape index (κ2) is 2.21. The van der Waals surface area contributed by atoms with E-state index in [1.165, 1.54) is 12.8 Å². The summed E-state index contributed by atoms with van der Waals surface area (Å²) in [7, 11) is 0. The summed E-state index contributed by atoms with van der Waals surface area (Å²) in [5, 5.41) is 10.8. The largest absolute Gasteiger partial charge is 0.389 e. The van der Waals surface area contributed by atoms with Gasteiger partial charge in [0.15, 0.2) is 0 Å². The standard InChI is InChI=1S/C13H24O/c1-10(2)9-7-8-12(10,5)13(6,14)11(9,3)4/h9,14H,7-8H2,1-6H3/t9-,12-,13-/m0/s1. The number of hydrogen-bond acceptors (Lipinski definition) is 1. The molecule has 0 amide bonds. The zero-order valence-corrected chi connectivity index (χ0v) is 10.4. The van der Waals surface area contributed by atoms with Crippen molar-refractivity contribution >= 4 is 0 Å². The maximum atomic E-state index is 10.8. The average Bonchev–Trinajstić information content (AvgIpc) is 2.26. The molecule has 1 nitrogen and oxygen atoms in total. The molecule has 0 unspecified atom stereocenters. The first-order valence-corrected chi connectivity index (χ1v) is 5.81. The Balaban J connectivity index is 2.62. The van der Waals surface area contributed by atoms with Crippen molar-refractivity contribution in [2.75, 3.05) is 0 Å². The number of aliphatic hydroxyl groups is 1. The van der Waals surface area contributed by atoms with Crippen molar-refractivity contribution in [1.29, 1.82) is 0 Å². The minimum Gasteiger partial charge on any atom is -0.389 e. The van der Waals surface area contributed by atoms with E-state index in [1.54, 1.807) is 0 Å². The molecule has 0 spiro atoms. The fourth-order valence-corrected chi connectivity index (χ4v) is 4.68. The molecule has 0 aromatic carbocycles. The molecule has 3 atom stereocenters. The van der Waals surface area contributed by atoms with E-state index < -0.39 is 5.60 Å². The lowest BCUT2D eigenvalue weighted by atomic mass is 9.60. The van der Waals surface area contributed by atoms with Crippen LogP contribution in [0.4, 0.5) is 0 Å². The van der Waals surface area contributed by atoms with E-state index >= 15 is 0 Å². The molecule has 0 aliphatic heterocycles. The lowest BCUT2D eigenvalue weighted by molar-refractivity contribution is -0.135. The molecule has 82 valence electrons. The molecule has 1 N–H and O–H groups in total. The second-order valence-corrected chi connectivity index (χ2v) is 6.94. The van der Waals surface area contributed by atoms with Crippen LogP contribution in [-0.4, -0.2) is 10.7 Å². The molecule has 1 heteroatoms.